The minimum atomic E-state index is -0.0972. The number of thiophene rings is 1. The second-order valence-corrected chi connectivity index (χ2v) is 7.13. The number of carbonyl (C=O) groups is 1. The van der Waals surface area contributed by atoms with Crippen LogP contribution >= 0.6 is 11.3 Å². The molecule has 1 aliphatic heterocycles. The molecular weight excluding hydrogens is 284 g/mol. The Morgan fingerprint density at radius 2 is 2.14 bits per heavy atom. The summed E-state index contributed by atoms with van der Waals surface area (Å²) >= 11 is 1.66. The minimum Gasteiger partial charge on any atom is -0.379 e. The van der Waals surface area contributed by atoms with Crippen molar-refractivity contribution in [1.82, 2.24) is 10.2 Å². The monoisotopic (exact) mass is 310 g/mol. The fourth-order valence-corrected chi connectivity index (χ4v) is 3.22. The molecule has 1 aromatic heterocycles. The van der Waals surface area contributed by atoms with Crippen LogP contribution in [0.1, 0.15) is 39.4 Å². The number of carbonyl (C=O) groups excluding carboxylic acids is 1. The average molecular weight is 310 g/mol. The molecule has 2 unspecified atom stereocenters. The van der Waals surface area contributed by atoms with Crippen LogP contribution < -0.4 is 5.32 Å². The first-order chi connectivity index (χ1) is 10.0. The van der Waals surface area contributed by atoms with Gasteiger partial charge in [-0.15, -0.1) is 0 Å². The van der Waals surface area contributed by atoms with Crippen LogP contribution in [-0.2, 0) is 9.53 Å². The maximum absolute atomic E-state index is 12.6. The third-order valence-corrected chi connectivity index (χ3v) is 4.35. The lowest BCUT2D eigenvalue weighted by Crippen LogP contribution is -2.36. The Kier molecular flexibility index (Phi) is 5.79. The SMILES string of the molecule is CC(C)COCCN1C(=O)C(C(C)C)NC1c1ccsc1. The van der Waals surface area contributed by atoms with E-state index >= 15 is 0 Å². The summed E-state index contributed by atoms with van der Waals surface area (Å²) < 4.78 is 5.65. The normalized spacial score (nSPS) is 22.8. The molecular formula is C16H26N2O2S. The van der Waals surface area contributed by atoms with Crippen LogP contribution in [0.3, 0.4) is 0 Å². The molecule has 2 rings (SSSR count). The second-order valence-electron chi connectivity index (χ2n) is 6.35. The minimum absolute atomic E-state index is 0.0150. The zero-order chi connectivity index (χ0) is 15.4. The van der Waals surface area contributed by atoms with Gasteiger partial charge in [0.15, 0.2) is 0 Å². The van der Waals surface area contributed by atoms with Crippen molar-refractivity contribution >= 4 is 17.2 Å². The molecule has 0 radical (unpaired) electrons. The van der Waals surface area contributed by atoms with Gasteiger partial charge in [0, 0.05) is 13.2 Å². The number of amides is 1. The first-order valence-corrected chi connectivity index (χ1v) is 8.61. The second kappa shape index (κ2) is 7.38. The van der Waals surface area contributed by atoms with E-state index in [0.717, 1.165) is 6.61 Å². The number of hydrogen-bond donors (Lipinski definition) is 1. The summed E-state index contributed by atoms with van der Waals surface area (Å²) in [6.45, 7) is 10.4. The molecule has 5 heteroatoms. The highest BCUT2D eigenvalue weighted by molar-refractivity contribution is 7.07. The van der Waals surface area contributed by atoms with E-state index in [2.05, 4.69) is 49.8 Å². The predicted molar refractivity (Wildman–Crippen MR) is 86.2 cm³/mol. The number of hydrogen-bond acceptors (Lipinski definition) is 4. The zero-order valence-electron chi connectivity index (χ0n) is 13.3. The van der Waals surface area contributed by atoms with Gasteiger partial charge >= 0.3 is 0 Å². The van der Waals surface area contributed by atoms with E-state index in [-0.39, 0.29) is 18.1 Å². The van der Waals surface area contributed by atoms with E-state index in [1.54, 1.807) is 11.3 Å². The molecule has 21 heavy (non-hydrogen) atoms. The van der Waals surface area contributed by atoms with Gasteiger partial charge in [-0.3, -0.25) is 10.1 Å². The topological polar surface area (TPSA) is 41.6 Å². The Bertz CT molecular complexity index is 445. The largest absolute Gasteiger partial charge is 0.379 e. The number of nitrogens with one attached hydrogen (secondary N) is 1. The molecule has 4 nitrogen and oxygen atoms in total. The van der Waals surface area contributed by atoms with Crippen molar-refractivity contribution in [2.75, 3.05) is 19.8 Å². The third-order valence-electron chi connectivity index (χ3n) is 3.65. The van der Waals surface area contributed by atoms with Gasteiger partial charge in [-0.2, -0.15) is 11.3 Å². The predicted octanol–water partition coefficient (Wildman–Crippen LogP) is 2.88. The highest BCUT2D eigenvalue weighted by Gasteiger charge is 2.40. The van der Waals surface area contributed by atoms with Crippen molar-refractivity contribution < 1.29 is 9.53 Å². The van der Waals surface area contributed by atoms with Crippen molar-refractivity contribution in [2.24, 2.45) is 11.8 Å². The lowest BCUT2D eigenvalue weighted by molar-refractivity contribution is -0.131. The molecule has 0 aromatic carbocycles. The molecule has 118 valence electrons. The molecule has 1 fully saturated rings. The van der Waals surface area contributed by atoms with Gasteiger partial charge in [0.25, 0.3) is 0 Å². The van der Waals surface area contributed by atoms with Crippen molar-refractivity contribution in [2.45, 2.75) is 39.9 Å². The molecule has 2 atom stereocenters. The summed E-state index contributed by atoms with van der Waals surface area (Å²) in [6.07, 6.45) is -0.0150. The van der Waals surface area contributed by atoms with Gasteiger partial charge in [0.05, 0.1) is 12.6 Å². The fourth-order valence-electron chi connectivity index (χ4n) is 2.54. The molecule has 1 amide bonds. The van der Waals surface area contributed by atoms with Crippen molar-refractivity contribution in [3.63, 3.8) is 0 Å². The van der Waals surface area contributed by atoms with Crippen molar-refractivity contribution in [1.29, 1.82) is 0 Å². The highest BCUT2D eigenvalue weighted by Crippen LogP contribution is 2.29. The summed E-state index contributed by atoms with van der Waals surface area (Å²) in [5.41, 5.74) is 1.17. The van der Waals surface area contributed by atoms with Crippen LogP contribution in [0.25, 0.3) is 0 Å². The molecule has 1 aromatic rings. The Morgan fingerprint density at radius 3 is 2.71 bits per heavy atom. The Morgan fingerprint density at radius 1 is 1.38 bits per heavy atom. The maximum Gasteiger partial charge on any atom is 0.241 e. The molecule has 1 N–H and O–H groups in total. The summed E-state index contributed by atoms with van der Waals surface area (Å²) in [5, 5.41) is 7.63. The third kappa shape index (κ3) is 4.05. The standard InChI is InChI=1S/C16H26N2O2S/c1-11(2)9-20-7-6-18-15(13-5-8-21-10-13)17-14(12(3)4)16(18)19/h5,8,10-12,14-15,17H,6-7,9H2,1-4H3. The van der Waals surface area contributed by atoms with Crippen LogP contribution in [-0.4, -0.2) is 36.6 Å². The van der Waals surface area contributed by atoms with Crippen molar-refractivity contribution in [3.8, 4) is 0 Å². The van der Waals surface area contributed by atoms with Gasteiger partial charge in [-0.1, -0.05) is 27.7 Å². The van der Waals surface area contributed by atoms with Crippen LogP contribution in [0.4, 0.5) is 0 Å². The summed E-state index contributed by atoms with van der Waals surface area (Å²) in [5.74, 6) is 1.00. The fraction of sp³-hybridized carbons (Fsp3) is 0.688. The molecule has 1 aliphatic rings. The van der Waals surface area contributed by atoms with Gasteiger partial charge in [-0.05, 0) is 34.2 Å². The van der Waals surface area contributed by atoms with E-state index in [9.17, 15) is 4.79 Å². The van der Waals surface area contributed by atoms with Crippen LogP contribution in [0, 0.1) is 11.8 Å². The first-order valence-electron chi connectivity index (χ1n) is 7.67. The Labute approximate surface area is 131 Å². The average Bonchev–Trinajstić information content (AvgIpc) is 3.02. The molecule has 2 heterocycles. The van der Waals surface area contributed by atoms with E-state index in [4.69, 9.17) is 4.74 Å². The van der Waals surface area contributed by atoms with E-state index in [1.807, 2.05) is 4.90 Å². The zero-order valence-corrected chi connectivity index (χ0v) is 14.2. The Balaban J connectivity index is 2.01. The van der Waals surface area contributed by atoms with Gasteiger partial charge in [-0.25, -0.2) is 0 Å². The number of rotatable bonds is 7. The van der Waals surface area contributed by atoms with Gasteiger partial charge in [0.1, 0.15) is 6.17 Å². The van der Waals surface area contributed by atoms with E-state index in [0.29, 0.717) is 25.0 Å². The number of ether oxygens (including phenoxy) is 1. The van der Waals surface area contributed by atoms with Crippen LogP contribution in [0.2, 0.25) is 0 Å². The number of nitrogens with zero attached hydrogens (tertiary/aromatic N) is 1. The lowest BCUT2D eigenvalue weighted by atomic mass is 10.1. The first kappa shape index (κ1) is 16.5. The lowest BCUT2D eigenvalue weighted by Gasteiger charge is -2.23. The van der Waals surface area contributed by atoms with E-state index in [1.165, 1.54) is 5.56 Å². The summed E-state index contributed by atoms with van der Waals surface area (Å²) in [7, 11) is 0. The Hall–Kier alpha value is -0.910. The summed E-state index contributed by atoms with van der Waals surface area (Å²) in [6, 6.07) is 1.99. The van der Waals surface area contributed by atoms with Crippen molar-refractivity contribution in [3.05, 3.63) is 22.4 Å². The van der Waals surface area contributed by atoms with Gasteiger partial charge in [0.2, 0.25) is 5.91 Å². The molecule has 0 saturated carbocycles. The van der Waals surface area contributed by atoms with Gasteiger partial charge < -0.3 is 9.64 Å². The van der Waals surface area contributed by atoms with Crippen LogP contribution in [0.15, 0.2) is 16.8 Å². The smallest absolute Gasteiger partial charge is 0.241 e. The molecule has 0 spiro atoms. The molecule has 0 aliphatic carbocycles. The maximum atomic E-state index is 12.6. The highest BCUT2D eigenvalue weighted by atomic mass is 32.1. The molecule has 0 bridgehead atoms. The molecule has 1 saturated heterocycles. The van der Waals surface area contributed by atoms with Crippen LogP contribution in [0.5, 0.6) is 0 Å². The summed E-state index contributed by atoms with van der Waals surface area (Å²) in [4.78, 5) is 14.5. The quantitative estimate of drug-likeness (QED) is 0.787. The van der Waals surface area contributed by atoms with E-state index < -0.39 is 0 Å².